The number of hydrogen-bond acceptors (Lipinski definition) is 2. The second-order valence-corrected chi connectivity index (χ2v) is 3.48. The molecule has 2 rings (SSSR count). The summed E-state index contributed by atoms with van der Waals surface area (Å²) in [5.74, 6) is -0.269. The first kappa shape index (κ1) is 10.4. The van der Waals surface area contributed by atoms with Gasteiger partial charge in [-0.15, -0.1) is 5.73 Å². The van der Waals surface area contributed by atoms with E-state index in [4.69, 9.17) is 12.2 Å². The van der Waals surface area contributed by atoms with Gasteiger partial charge in [-0.2, -0.15) is 0 Å². The van der Waals surface area contributed by atoms with Gasteiger partial charge in [-0.05, 0) is 36.5 Å². The molecule has 0 unspecified atom stereocenters. The first-order chi connectivity index (χ1) is 7.75. The number of amides is 1. The summed E-state index contributed by atoms with van der Waals surface area (Å²) in [6.45, 7) is 0. The molecule has 0 heterocycles. The molecule has 2 N–H and O–H groups in total. The molecule has 3 nitrogen and oxygen atoms in total. The zero-order chi connectivity index (χ0) is 11.4. The monoisotopic (exact) mass is 228 g/mol. The molecule has 78 valence electrons. The second kappa shape index (κ2) is 4.60. The molecule has 0 spiro atoms. The quantitative estimate of drug-likeness (QED) is 0.552. The van der Waals surface area contributed by atoms with Crippen molar-refractivity contribution in [3.8, 4) is 0 Å². The Hall–Kier alpha value is -2.12. The summed E-state index contributed by atoms with van der Waals surface area (Å²) < 4.78 is 0. The second-order valence-electron chi connectivity index (χ2n) is 3.08. The fourth-order valence-electron chi connectivity index (χ4n) is 1.20. The van der Waals surface area contributed by atoms with Crippen molar-refractivity contribution in [3.63, 3.8) is 0 Å². The first-order valence-electron chi connectivity index (χ1n) is 4.65. The van der Waals surface area contributed by atoms with E-state index in [2.05, 4.69) is 22.1 Å². The van der Waals surface area contributed by atoms with Crippen LogP contribution >= 0.6 is 12.2 Å². The molecule has 4 heteroatoms. The van der Waals surface area contributed by atoms with E-state index >= 15 is 0 Å². The summed E-state index contributed by atoms with van der Waals surface area (Å²) in [4.78, 5) is 11.6. The van der Waals surface area contributed by atoms with E-state index in [1.54, 1.807) is 24.3 Å². The van der Waals surface area contributed by atoms with E-state index in [0.29, 0.717) is 5.57 Å². The van der Waals surface area contributed by atoms with E-state index in [-0.39, 0.29) is 11.0 Å². The normalized spacial score (nSPS) is 15.0. The van der Waals surface area contributed by atoms with Crippen LogP contribution in [0.3, 0.4) is 0 Å². The van der Waals surface area contributed by atoms with Crippen LogP contribution in [0.1, 0.15) is 0 Å². The molecule has 0 saturated heterocycles. The highest BCUT2D eigenvalue weighted by atomic mass is 32.1. The highest BCUT2D eigenvalue weighted by Crippen LogP contribution is 2.01. The van der Waals surface area contributed by atoms with Gasteiger partial charge < -0.3 is 5.32 Å². The zero-order valence-corrected chi connectivity index (χ0v) is 9.10. The lowest BCUT2D eigenvalue weighted by molar-refractivity contribution is -0.115. The van der Waals surface area contributed by atoms with Gasteiger partial charge in [0.05, 0.1) is 11.3 Å². The molecule has 1 amide bonds. The Morgan fingerprint density at radius 3 is 2.56 bits per heavy atom. The molecule has 0 aromatic rings. The number of carbonyl (C=O) groups excluding carboxylic acids is 1. The minimum Gasteiger partial charge on any atom is -0.326 e. The largest absolute Gasteiger partial charge is 0.326 e. The molecule has 0 saturated carbocycles. The molecule has 0 aliphatic heterocycles. The molecule has 2 aliphatic rings. The summed E-state index contributed by atoms with van der Waals surface area (Å²) in [6.07, 6.45) is 10.5. The Labute approximate surface area is 98.2 Å². The maximum Gasteiger partial charge on any atom is 0.265 e. The molecule has 0 aromatic carbocycles. The van der Waals surface area contributed by atoms with Crippen LogP contribution in [0, 0.1) is 0 Å². The van der Waals surface area contributed by atoms with Crippen LogP contribution in [0.25, 0.3) is 0 Å². The predicted molar refractivity (Wildman–Crippen MR) is 65.3 cm³/mol. The molecular formula is C12H8N2OS. The van der Waals surface area contributed by atoms with Crippen molar-refractivity contribution in [1.29, 1.82) is 0 Å². The van der Waals surface area contributed by atoms with Crippen molar-refractivity contribution in [3.05, 3.63) is 59.2 Å². The molecule has 0 bridgehead atoms. The number of nitrogens with one attached hydrogen (secondary N) is 2. The number of thiocarbonyl (C=S) groups is 1. The number of allylic oxidation sites excluding steroid dienone is 3. The van der Waals surface area contributed by atoms with Crippen LogP contribution in [0.2, 0.25) is 0 Å². The number of rotatable bonds is 2. The van der Waals surface area contributed by atoms with E-state index in [9.17, 15) is 4.79 Å². The molecule has 0 aromatic heterocycles. The van der Waals surface area contributed by atoms with Gasteiger partial charge in [-0.3, -0.25) is 10.1 Å². The first-order valence-corrected chi connectivity index (χ1v) is 5.05. The van der Waals surface area contributed by atoms with Crippen molar-refractivity contribution in [2.75, 3.05) is 0 Å². The summed E-state index contributed by atoms with van der Waals surface area (Å²) in [6, 6.07) is 0. The van der Waals surface area contributed by atoms with Crippen LogP contribution in [0.15, 0.2) is 59.2 Å². The maximum absolute atomic E-state index is 11.6. The van der Waals surface area contributed by atoms with Crippen molar-refractivity contribution < 1.29 is 4.79 Å². The Morgan fingerprint density at radius 2 is 1.94 bits per heavy atom. The molecule has 16 heavy (non-hydrogen) atoms. The van der Waals surface area contributed by atoms with Crippen LogP contribution < -0.4 is 10.6 Å². The van der Waals surface area contributed by atoms with Crippen LogP contribution in [0.4, 0.5) is 0 Å². The van der Waals surface area contributed by atoms with Gasteiger partial charge in [-0.1, -0.05) is 17.9 Å². The fourth-order valence-corrected chi connectivity index (χ4v) is 1.41. The van der Waals surface area contributed by atoms with Crippen molar-refractivity contribution >= 4 is 23.2 Å². The lowest BCUT2D eigenvalue weighted by Crippen LogP contribution is -2.38. The average molecular weight is 228 g/mol. The van der Waals surface area contributed by atoms with Crippen LogP contribution in [-0.2, 0) is 4.79 Å². The van der Waals surface area contributed by atoms with Crippen molar-refractivity contribution in [2.45, 2.75) is 0 Å². The average Bonchev–Trinajstić information content (AvgIpc) is 2.88. The number of carbonyl (C=O) groups is 1. The third-order valence-electron chi connectivity index (χ3n) is 1.92. The van der Waals surface area contributed by atoms with Gasteiger partial charge >= 0.3 is 0 Å². The van der Waals surface area contributed by atoms with Crippen LogP contribution in [-0.4, -0.2) is 11.0 Å². The fraction of sp³-hybridized carbons (Fsp3) is 0. The molecule has 0 radical (unpaired) electrons. The lowest BCUT2D eigenvalue weighted by Gasteiger charge is -2.07. The van der Waals surface area contributed by atoms with E-state index in [1.165, 1.54) is 0 Å². The topological polar surface area (TPSA) is 41.1 Å². The van der Waals surface area contributed by atoms with E-state index in [0.717, 1.165) is 5.70 Å². The smallest absolute Gasteiger partial charge is 0.265 e. The summed E-state index contributed by atoms with van der Waals surface area (Å²) >= 11 is 4.98. The minimum absolute atomic E-state index is 0.252. The van der Waals surface area contributed by atoms with Crippen molar-refractivity contribution in [1.82, 2.24) is 10.6 Å². The van der Waals surface area contributed by atoms with Gasteiger partial charge in [-0.25, -0.2) is 0 Å². The van der Waals surface area contributed by atoms with Gasteiger partial charge in [0, 0.05) is 0 Å². The molecule has 0 fully saturated rings. The Morgan fingerprint density at radius 1 is 1.19 bits per heavy atom. The molecule has 2 aliphatic carbocycles. The van der Waals surface area contributed by atoms with E-state index in [1.807, 2.05) is 12.2 Å². The highest BCUT2D eigenvalue weighted by Gasteiger charge is 2.09. The SMILES string of the molecule is O=C(NC(=S)NC1=C=CC=C1)C1=C=CC=C1. The van der Waals surface area contributed by atoms with Gasteiger partial charge in [0.1, 0.15) is 0 Å². The van der Waals surface area contributed by atoms with E-state index < -0.39 is 0 Å². The maximum atomic E-state index is 11.6. The highest BCUT2D eigenvalue weighted by molar-refractivity contribution is 7.80. The lowest BCUT2D eigenvalue weighted by atomic mass is 10.3. The van der Waals surface area contributed by atoms with Gasteiger partial charge in [0.15, 0.2) is 5.11 Å². The molecular weight excluding hydrogens is 220 g/mol. The standard InChI is InChI=1S/C12H8N2OS/c15-11(9-5-1-2-6-9)14-12(16)13-10-7-3-4-8-10/h1-5,7H,(H2,13,14,15,16). The molecule has 0 atom stereocenters. The zero-order valence-electron chi connectivity index (χ0n) is 8.28. The van der Waals surface area contributed by atoms with Gasteiger partial charge in [0.2, 0.25) is 0 Å². The third kappa shape index (κ3) is 2.47. The van der Waals surface area contributed by atoms with Crippen LogP contribution in [0.5, 0.6) is 0 Å². The summed E-state index contributed by atoms with van der Waals surface area (Å²) in [5.41, 5.74) is 6.91. The predicted octanol–water partition coefficient (Wildman–Crippen LogP) is 1.24. The summed E-state index contributed by atoms with van der Waals surface area (Å²) in [5, 5.41) is 5.65. The van der Waals surface area contributed by atoms with Crippen molar-refractivity contribution in [2.24, 2.45) is 0 Å². The van der Waals surface area contributed by atoms with Gasteiger partial charge in [0.25, 0.3) is 5.91 Å². The minimum atomic E-state index is -0.269. The Kier molecular flexibility index (Phi) is 2.99. The Bertz CT molecular complexity index is 539. The third-order valence-corrected chi connectivity index (χ3v) is 2.12. The number of hydrogen-bond donors (Lipinski definition) is 2. The Balaban J connectivity index is 1.90. The summed E-state index contributed by atoms with van der Waals surface area (Å²) in [7, 11) is 0.